The van der Waals surface area contributed by atoms with Gasteiger partial charge in [0.05, 0.1) is 11.8 Å². The average Bonchev–Trinajstić information content (AvgIpc) is 2.47. The average molecular weight is 291 g/mol. The van der Waals surface area contributed by atoms with Gasteiger partial charge in [0, 0.05) is 5.69 Å². The highest BCUT2D eigenvalue weighted by atomic mass is 19.1. The van der Waals surface area contributed by atoms with Crippen molar-refractivity contribution in [3.63, 3.8) is 0 Å². The largest absolute Gasteiger partial charge is 0.481 e. The molecular formula is C16H18FNO3. The van der Waals surface area contributed by atoms with Gasteiger partial charge < -0.3 is 10.4 Å². The van der Waals surface area contributed by atoms with Crippen molar-refractivity contribution in [1.82, 2.24) is 0 Å². The molecule has 0 aliphatic heterocycles. The molecule has 1 aromatic carbocycles. The molecule has 0 aromatic heterocycles. The highest BCUT2D eigenvalue weighted by molar-refractivity contribution is 5.95. The fourth-order valence-electron chi connectivity index (χ4n) is 3.97. The lowest BCUT2D eigenvalue weighted by molar-refractivity contribution is -0.156. The number of carboxylic acid groups (broad SMARTS) is 1. The lowest BCUT2D eigenvalue weighted by atomic mass is 9.58. The molecule has 1 aromatic rings. The Morgan fingerprint density at radius 2 is 1.71 bits per heavy atom. The molecule has 0 saturated heterocycles. The predicted molar refractivity (Wildman–Crippen MR) is 75.1 cm³/mol. The number of benzene rings is 1. The molecule has 3 aliphatic rings. The number of hydrogen-bond donors (Lipinski definition) is 2. The molecule has 2 atom stereocenters. The molecule has 3 fully saturated rings. The maximum absolute atomic E-state index is 13.2. The summed E-state index contributed by atoms with van der Waals surface area (Å²) in [5.74, 6) is -2.48. The summed E-state index contributed by atoms with van der Waals surface area (Å²) < 4.78 is 13.2. The number of carbonyl (C=O) groups excluding carboxylic acids is 1. The third-order valence-electron chi connectivity index (χ3n) is 4.90. The van der Waals surface area contributed by atoms with Crippen LogP contribution in [0.4, 0.5) is 10.1 Å². The van der Waals surface area contributed by atoms with Gasteiger partial charge in [-0.15, -0.1) is 0 Å². The molecule has 2 bridgehead atoms. The predicted octanol–water partition coefficient (Wildman–Crippen LogP) is 2.90. The molecule has 4 rings (SSSR count). The lowest BCUT2D eigenvalue weighted by Gasteiger charge is -2.45. The Morgan fingerprint density at radius 1 is 1.10 bits per heavy atom. The zero-order chi connectivity index (χ0) is 15.0. The van der Waals surface area contributed by atoms with E-state index in [-0.39, 0.29) is 17.7 Å². The van der Waals surface area contributed by atoms with Crippen LogP contribution in [0.25, 0.3) is 0 Å². The van der Waals surface area contributed by atoms with E-state index in [0.29, 0.717) is 5.69 Å². The third kappa shape index (κ3) is 2.64. The van der Waals surface area contributed by atoms with Gasteiger partial charge in [0.1, 0.15) is 5.82 Å². The number of hydrogen-bond acceptors (Lipinski definition) is 2. The van der Waals surface area contributed by atoms with Crippen LogP contribution in [0.5, 0.6) is 0 Å². The van der Waals surface area contributed by atoms with Crippen LogP contribution in [0.2, 0.25) is 0 Å². The van der Waals surface area contributed by atoms with Crippen molar-refractivity contribution in [3.05, 3.63) is 30.1 Å². The zero-order valence-corrected chi connectivity index (χ0v) is 11.6. The van der Waals surface area contributed by atoms with E-state index in [9.17, 15) is 19.1 Å². The minimum absolute atomic E-state index is 0.0933. The number of amides is 1. The van der Waals surface area contributed by atoms with Crippen molar-refractivity contribution >= 4 is 17.6 Å². The highest BCUT2D eigenvalue weighted by Crippen LogP contribution is 2.49. The maximum Gasteiger partial charge on any atom is 0.307 e. The van der Waals surface area contributed by atoms with Crippen LogP contribution in [0, 0.1) is 29.5 Å². The first-order chi connectivity index (χ1) is 10.1. The standard InChI is InChI=1S/C16H18FNO3/c17-11-2-1-3-12(8-11)18-15(19)13-9-4-6-10(7-5-9)14(13)16(20)21/h1-3,8-10,13-14H,4-7H2,(H,18,19)(H,20,21)/t9?,10?,13-,14+/m1/s1. The second kappa shape index (κ2) is 5.47. The molecule has 21 heavy (non-hydrogen) atoms. The van der Waals surface area contributed by atoms with Crippen LogP contribution in [0.3, 0.4) is 0 Å². The minimum atomic E-state index is -0.885. The van der Waals surface area contributed by atoms with Crippen molar-refractivity contribution < 1.29 is 19.1 Å². The third-order valence-corrected chi connectivity index (χ3v) is 4.90. The highest BCUT2D eigenvalue weighted by Gasteiger charge is 2.50. The van der Waals surface area contributed by atoms with E-state index in [1.54, 1.807) is 6.07 Å². The summed E-state index contributed by atoms with van der Waals surface area (Å²) in [5.41, 5.74) is 0.380. The Kier molecular flexibility index (Phi) is 3.66. The fraction of sp³-hybridized carbons (Fsp3) is 0.500. The van der Waals surface area contributed by atoms with Gasteiger partial charge in [-0.1, -0.05) is 6.07 Å². The summed E-state index contributed by atoms with van der Waals surface area (Å²) in [5, 5.41) is 12.1. The van der Waals surface area contributed by atoms with Crippen molar-refractivity contribution in [2.75, 3.05) is 5.32 Å². The van der Waals surface area contributed by atoms with E-state index in [4.69, 9.17) is 0 Å². The molecule has 0 heterocycles. The molecule has 4 nitrogen and oxygen atoms in total. The van der Waals surface area contributed by atoms with Gasteiger partial charge >= 0.3 is 5.97 Å². The van der Waals surface area contributed by atoms with Crippen molar-refractivity contribution in [2.24, 2.45) is 23.7 Å². The van der Waals surface area contributed by atoms with Gasteiger partial charge in [-0.3, -0.25) is 9.59 Å². The molecule has 0 spiro atoms. The van der Waals surface area contributed by atoms with Gasteiger partial charge in [0.25, 0.3) is 0 Å². The van der Waals surface area contributed by atoms with Crippen LogP contribution in [0.15, 0.2) is 24.3 Å². The topological polar surface area (TPSA) is 66.4 Å². The minimum Gasteiger partial charge on any atom is -0.481 e. The van der Waals surface area contributed by atoms with E-state index in [1.807, 2.05) is 0 Å². The van der Waals surface area contributed by atoms with Crippen molar-refractivity contribution in [3.8, 4) is 0 Å². The molecule has 3 saturated carbocycles. The second-order valence-corrected chi connectivity index (χ2v) is 6.06. The number of nitrogens with one attached hydrogen (secondary N) is 1. The maximum atomic E-state index is 13.2. The zero-order valence-electron chi connectivity index (χ0n) is 11.6. The van der Waals surface area contributed by atoms with Gasteiger partial charge in [-0.25, -0.2) is 4.39 Å². The van der Waals surface area contributed by atoms with Crippen molar-refractivity contribution in [2.45, 2.75) is 25.7 Å². The lowest BCUT2D eigenvalue weighted by Crippen LogP contribution is -2.49. The smallest absolute Gasteiger partial charge is 0.307 e. The van der Waals surface area contributed by atoms with Crippen LogP contribution < -0.4 is 5.32 Å². The molecule has 112 valence electrons. The monoisotopic (exact) mass is 291 g/mol. The number of anilines is 1. The molecule has 0 radical (unpaired) electrons. The van der Waals surface area contributed by atoms with Crippen LogP contribution >= 0.6 is 0 Å². The van der Waals surface area contributed by atoms with Crippen LogP contribution in [-0.2, 0) is 9.59 Å². The van der Waals surface area contributed by atoms with Crippen LogP contribution in [-0.4, -0.2) is 17.0 Å². The Hall–Kier alpha value is -1.91. The molecule has 0 unspecified atom stereocenters. The first-order valence-corrected chi connectivity index (χ1v) is 7.35. The molecule has 3 aliphatic carbocycles. The number of carboxylic acids is 1. The van der Waals surface area contributed by atoms with E-state index in [0.717, 1.165) is 25.7 Å². The van der Waals surface area contributed by atoms with E-state index < -0.39 is 23.6 Å². The molecule has 5 heteroatoms. The Balaban J connectivity index is 1.80. The first-order valence-electron chi connectivity index (χ1n) is 7.35. The Labute approximate surface area is 122 Å². The van der Waals surface area contributed by atoms with Gasteiger partial charge in [-0.05, 0) is 55.7 Å². The summed E-state index contributed by atoms with van der Waals surface area (Å²) in [7, 11) is 0. The molecule has 2 N–H and O–H groups in total. The van der Waals surface area contributed by atoms with Crippen molar-refractivity contribution in [1.29, 1.82) is 0 Å². The van der Waals surface area contributed by atoms with Gasteiger partial charge in [0.15, 0.2) is 0 Å². The summed E-state index contributed by atoms with van der Waals surface area (Å²) in [6.45, 7) is 0. The van der Waals surface area contributed by atoms with Crippen LogP contribution in [0.1, 0.15) is 25.7 Å². The number of aliphatic carboxylic acids is 1. The summed E-state index contributed by atoms with van der Waals surface area (Å²) >= 11 is 0. The molecule has 1 amide bonds. The summed E-state index contributed by atoms with van der Waals surface area (Å²) in [4.78, 5) is 24.0. The summed E-state index contributed by atoms with van der Waals surface area (Å²) in [6.07, 6.45) is 3.61. The quantitative estimate of drug-likeness (QED) is 0.900. The number of rotatable bonds is 3. The summed E-state index contributed by atoms with van der Waals surface area (Å²) in [6, 6.07) is 5.68. The molecular weight excluding hydrogens is 273 g/mol. The second-order valence-electron chi connectivity index (χ2n) is 6.06. The van der Waals surface area contributed by atoms with E-state index in [1.165, 1.54) is 18.2 Å². The van der Waals surface area contributed by atoms with Gasteiger partial charge in [-0.2, -0.15) is 0 Å². The number of halogens is 1. The van der Waals surface area contributed by atoms with E-state index in [2.05, 4.69) is 5.32 Å². The Morgan fingerprint density at radius 3 is 2.29 bits per heavy atom. The first kappa shape index (κ1) is 14.0. The Bertz CT molecular complexity index is 566. The van der Waals surface area contributed by atoms with Gasteiger partial charge in [0.2, 0.25) is 5.91 Å². The fourth-order valence-corrected chi connectivity index (χ4v) is 3.97. The normalized spacial score (nSPS) is 30.9. The van der Waals surface area contributed by atoms with E-state index >= 15 is 0 Å². The number of fused-ring (bicyclic) bond motifs is 3. The SMILES string of the molecule is O=C(Nc1cccc(F)c1)[C@@H]1C2CCC(CC2)[C@@H]1C(=O)O. The number of carbonyl (C=O) groups is 2.